The van der Waals surface area contributed by atoms with Gasteiger partial charge in [0.2, 0.25) is 11.8 Å². The molecule has 6 heteroatoms. The lowest BCUT2D eigenvalue weighted by atomic mass is 10.0. The van der Waals surface area contributed by atoms with Crippen LogP contribution in [0.15, 0.2) is 60.7 Å². The Morgan fingerprint density at radius 2 is 1.62 bits per heavy atom. The third-order valence-corrected chi connectivity index (χ3v) is 4.77. The SMILES string of the molecule is O=C(CNC(=O)Cc1cccc2ccccc12)NCc1ccc2c(c1)OCCO2. The van der Waals surface area contributed by atoms with E-state index in [0.29, 0.717) is 31.3 Å². The van der Waals surface area contributed by atoms with Gasteiger partial charge < -0.3 is 20.1 Å². The fourth-order valence-corrected chi connectivity index (χ4v) is 3.32. The molecule has 2 N–H and O–H groups in total. The molecule has 2 amide bonds. The van der Waals surface area contributed by atoms with Crippen LogP contribution in [-0.4, -0.2) is 31.6 Å². The number of carbonyl (C=O) groups is 2. The van der Waals surface area contributed by atoms with Gasteiger partial charge in [-0.15, -0.1) is 0 Å². The van der Waals surface area contributed by atoms with Crippen molar-refractivity contribution in [2.75, 3.05) is 19.8 Å². The van der Waals surface area contributed by atoms with Crippen molar-refractivity contribution in [3.8, 4) is 11.5 Å². The average molecular weight is 390 g/mol. The summed E-state index contributed by atoms with van der Waals surface area (Å²) in [5.41, 5.74) is 1.85. The van der Waals surface area contributed by atoms with Crippen molar-refractivity contribution >= 4 is 22.6 Å². The minimum absolute atomic E-state index is 0.0614. The predicted octanol–water partition coefficient (Wildman–Crippen LogP) is 2.59. The van der Waals surface area contributed by atoms with Gasteiger partial charge in [-0.3, -0.25) is 9.59 Å². The smallest absolute Gasteiger partial charge is 0.239 e. The summed E-state index contributed by atoms with van der Waals surface area (Å²) >= 11 is 0. The van der Waals surface area contributed by atoms with E-state index in [-0.39, 0.29) is 24.8 Å². The molecule has 0 atom stereocenters. The van der Waals surface area contributed by atoms with E-state index >= 15 is 0 Å². The van der Waals surface area contributed by atoms with Gasteiger partial charge >= 0.3 is 0 Å². The minimum atomic E-state index is -0.244. The largest absolute Gasteiger partial charge is 0.486 e. The number of hydrogen-bond donors (Lipinski definition) is 2. The number of nitrogens with one attached hydrogen (secondary N) is 2. The lowest BCUT2D eigenvalue weighted by molar-refractivity contribution is -0.125. The second kappa shape index (κ2) is 8.65. The average Bonchev–Trinajstić information content (AvgIpc) is 2.76. The molecule has 1 aliphatic heterocycles. The van der Waals surface area contributed by atoms with E-state index in [1.807, 2.05) is 60.7 Å². The Kier molecular flexibility index (Phi) is 5.61. The van der Waals surface area contributed by atoms with Crippen LogP contribution in [0.4, 0.5) is 0 Å². The van der Waals surface area contributed by atoms with Gasteiger partial charge in [0.25, 0.3) is 0 Å². The van der Waals surface area contributed by atoms with Crippen molar-refractivity contribution in [2.45, 2.75) is 13.0 Å². The normalized spacial score (nSPS) is 12.4. The summed E-state index contributed by atoms with van der Waals surface area (Å²) in [6.45, 7) is 1.36. The summed E-state index contributed by atoms with van der Waals surface area (Å²) < 4.78 is 11.0. The quantitative estimate of drug-likeness (QED) is 0.678. The number of ether oxygens (including phenoxy) is 2. The molecule has 0 saturated carbocycles. The molecular weight excluding hydrogens is 368 g/mol. The maximum Gasteiger partial charge on any atom is 0.239 e. The van der Waals surface area contributed by atoms with Gasteiger partial charge in [-0.05, 0) is 34.0 Å². The summed E-state index contributed by atoms with van der Waals surface area (Å²) in [7, 11) is 0. The Morgan fingerprint density at radius 3 is 2.52 bits per heavy atom. The third-order valence-electron chi connectivity index (χ3n) is 4.77. The Hall–Kier alpha value is -3.54. The number of benzene rings is 3. The van der Waals surface area contributed by atoms with Crippen LogP contribution in [0.3, 0.4) is 0 Å². The highest BCUT2D eigenvalue weighted by Crippen LogP contribution is 2.30. The number of carbonyl (C=O) groups excluding carboxylic acids is 2. The maximum atomic E-state index is 12.3. The van der Waals surface area contributed by atoms with Gasteiger partial charge in [-0.1, -0.05) is 48.5 Å². The molecule has 29 heavy (non-hydrogen) atoms. The molecule has 0 fully saturated rings. The molecule has 148 valence electrons. The molecule has 3 aromatic rings. The van der Waals surface area contributed by atoms with Crippen molar-refractivity contribution < 1.29 is 19.1 Å². The zero-order chi connectivity index (χ0) is 20.1. The fraction of sp³-hybridized carbons (Fsp3) is 0.217. The van der Waals surface area contributed by atoms with Gasteiger partial charge in [-0.25, -0.2) is 0 Å². The summed E-state index contributed by atoms with van der Waals surface area (Å²) in [5.74, 6) is 0.973. The van der Waals surface area contributed by atoms with E-state index in [0.717, 1.165) is 21.9 Å². The van der Waals surface area contributed by atoms with Crippen LogP contribution in [0.5, 0.6) is 11.5 Å². The molecular formula is C23H22N2O4. The Balaban J connectivity index is 1.26. The Labute approximate surface area is 168 Å². The van der Waals surface area contributed by atoms with Crippen molar-refractivity contribution in [1.29, 1.82) is 0 Å². The number of hydrogen-bond acceptors (Lipinski definition) is 4. The molecule has 0 saturated heterocycles. The van der Waals surface area contributed by atoms with Gasteiger partial charge in [-0.2, -0.15) is 0 Å². The first-order valence-corrected chi connectivity index (χ1v) is 9.57. The van der Waals surface area contributed by atoms with E-state index in [1.165, 1.54) is 0 Å². The lowest BCUT2D eigenvalue weighted by Gasteiger charge is -2.19. The van der Waals surface area contributed by atoms with Crippen LogP contribution in [0.1, 0.15) is 11.1 Å². The number of rotatable bonds is 6. The highest BCUT2D eigenvalue weighted by molar-refractivity contribution is 5.91. The van der Waals surface area contributed by atoms with Gasteiger partial charge in [0.15, 0.2) is 11.5 Å². The van der Waals surface area contributed by atoms with Crippen molar-refractivity contribution in [1.82, 2.24) is 10.6 Å². The molecule has 0 spiro atoms. The van der Waals surface area contributed by atoms with E-state index < -0.39 is 0 Å². The van der Waals surface area contributed by atoms with Crippen LogP contribution < -0.4 is 20.1 Å². The summed E-state index contributed by atoms with van der Waals surface area (Å²) in [6, 6.07) is 19.4. The molecule has 0 aliphatic carbocycles. The standard InChI is InChI=1S/C23H22N2O4/c26-22(13-18-6-3-5-17-4-1-2-7-19(17)18)25-15-23(27)24-14-16-8-9-20-21(12-16)29-11-10-28-20/h1-9,12H,10-11,13-15H2,(H,24,27)(H,25,26). The second-order valence-electron chi connectivity index (χ2n) is 6.85. The van der Waals surface area contributed by atoms with Crippen LogP contribution >= 0.6 is 0 Å². The first-order chi connectivity index (χ1) is 14.2. The molecule has 0 radical (unpaired) electrons. The third kappa shape index (κ3) is 4.66. The van der Waals surface area contributed by atoms with Gasteiger partial charge in [0.1, 0.15) is 13.2 Å². The zero-order valence-electron chi connectivity index (χ0n) is 15.9. The number of amides is 2. The summed E-state index contributed by atoms with van der Waals surface area (Å²) in [6.07, 6.45) is 0.233. The van der Waals surface area contributed by atoms with Gasteiger partial charge in [0.05, 0.1) is 13.0 Å². The Morgan fingerprint density at radius 1 is 0.828 bits per heavy atom. The van der Waals surface area contributed by atoms with Crippen molar-refractivity contribution in [3.63, 3.8) is 0 Å². The molecule has 4 rings (SSSR count). The molecule has 1 aliphatic rings. The second-order valence-corrected chi connectivity index (χ2v) is 6.85. The topological polar surface area (TPSA) is 76.7 Å². The predicted molar refractivity (Wildman–Crippen MR) is 110 cm³/mol. The minimum Gasteiger partial charge on any atom is -0.486 e. The van der Waals surface area contributed by atoms with E-state index in [9.17, 15) is 9.59 Å². The zero-order valence-corrected chi connectivity index (χ0v) is 15.9. The first kappa shape index (κ1) is 18.8. The molecule has 0 bridgehead atoms. The molecule has 3 aromatic carbocycles. The van der Waals surface area contributed by atoms with Crippen LogP contribution in [0.2, 0.25) is 0 Å². The molecule has 1 heterocycles. The van der Waals surface area contributed by atoms with Crippen LogP contribution in [0.25, 0.3) is 10.8 Å². The van der Waals surface area contributed by atoms with Crippen molar-refractivity contribution in [3.05, 3.63) is 71.8 Å². The lowest BCUT2D eigenvalue weighted by Crippen LogP contribution is -2.37. The molecule has 6 nitrogen and oxygen atoms in total. The summed E-state index contributed by atoms with van der Waals surface area (Å²) in [5, 5.41) is 7.63. The fourth-order valence-electron chi connectivity index (χ4n) is 3.32. The molecule has 0 unspecified atom stereocenters. The summed E-state index contributed by atoms with van der Waals surface area (Å²) in [4.78, 5) is 24.4. The van der Waals surface area contributed by atoms with E-state index in [1.54, 1.807) is 0 Å². The maximum absolute atomic E-state index is 12.3. The van der Waals surface area contributed by atoms with Crippen molar-refractivity contribution in [2.24, 2.45) is 0 Å². The molecule has 0 aromatic heterocycles. The van der Waals surface area contributed by atoms with Crippen LogP contribution in [0, 0.1) is 0 Å². The van der Waals surface area contributed by atoms with E-state index in [2.05, 4.69) is 10.6 Å². The monoisotopic (exact) mass is 390 g/mol. The van der Waals surface area contributed by atoms with Gasteiger partial charge in [0, 0.05) is 6.54 Å². The van der Waals surface area contributed by atoms with E-state index in [4.69, 9.17) is 9.47 Å². The first-order valence-electron chi connectivity index (χ1n) is 9.57. The highest BCUT2D eigenvalue weighted by Gasteiger charge is 2.12. The van der Waals surface area contributed by atoms with Crippen LogP contribution in [-0.2, 0) is 22.6 Å². The number of fused-ring (bicyclic) bond motifs is 2. The highest BCUT2D eigenvalue weighted by atomic mass is 16.6. The Bertz CT molecular complexity index is 1040.